The quantitative estimate of drug-likeness (QED) is 0.870. The highest BCUT2D eigenvalue weighted by Gasteiger charge is 2.26. The number of piperidine rings is 1. The van der Waals surface area contributed by atoms with Crippen LogP contribution in [0, 0.1) is 6.92 Å². The minimum atomic E-state index is 0.452. The summed E-state index contributed by atoms with van der Waals surface area (Å²) in [6.45, 7) is 8.40. The average Bonchev–Trinajstić information content (AvgIpc) is 2.97. The van der Waals surface area contributed by atoms with Crippen LogP contribution in [-0.4, -0.2) is 32.6 Å². The van der Waals surface area contributed by atoms with Gasteiger partial charge in [-0.25, -0.2) is 15.0 Å². The van der Waals surface area contributed by atoms with Gasteiger partial charge in [0.1, 0.15) is 5.82 Å². The Bertz CT molecular complexity index is 604. The molecule has 2 aromatic rings. The lowest BCUT2D eigenvalue weighted by Gasteiger charge is -2.33. The topological polar surface area (TPSA) is 46.8 Å². The van der Waals surface area contributed by atoms with Crippen LogP contribution in [0.2, 0.25) is 0 Å². The molecule has 21 heavy (non-hydrogen) atoms. The Labute approximate surface area is 126 Å². The zero-order valence-electron chi connectivity index (χ0n) is 13.0. The molecule has 1 atom stereocenters. The van der Waals surface area contributed by atoms with E-state index in [9.17, 15) is 0 Å². The second-order valence-corrected chi connectivity index (χ2v) is 6.07. The van der Waals surface area contributed by atoms with Gasteiger partial charge in [0.25, 0.3) is 0 Å². The standard InChI is InChI=1S/C16H23N5/c1-12(2)21-10-8-17-15(21)14-5-4-9-20(11-14)16-18-7-6-13(3)19-16/h6-8,10,12,14H,4-5,9,11H2,1-3H3/t14-/m1/s1. The lowest BCUT2D eigenvalue weighted by atomic mass is 9.97. The Kier molecular flexibility index (Phi) is 3.90. The number of aryl methyl sites for hydroxylation is 1. The van der Waals surface area contributed by atoms with E-state index in [4.69, 9.17) is 0 Å². The molecule has 0 unspecified atom stereocenters. The summed E-state index contributed by atoms with van der Waals surface area (Å²) in [5, 5.41) is 0. The summed E-state index contributed by atoms with van der Waals surface area (Å²) in [7, 11) is 0. The number of hydrogen-bond acceptors (Lipinski definition) is 4. The molecule has 2 aromatic heterocycles. The highest BCUT2D eigenvalue weighted by molar-refractivity contribution is 5.32. The molecule has 0 aromatic carbocycles. The van der Waals surface area contributed by atoms with Crippen molar-refractivity contribution in [2.75, 3.05) is 18.0 Å². The number of rotatable bonds is 3. The van der Waals surface area contributed by atoms with E-state index < -0.39 is 0 Å². The second-order valence-electron chi connectivity index (χ2n) is 6.07. The van der Waals surface area contributed by atoms with Crippen LogP contribution in [0.25, 0.3) is 0 Å². The molecule has 0 amide bonds. The van der Waals surface area contributed by atoms with Crippen molar-refractivity contribution in [1.29, 1.82) is 0 Å². The van der Waals surface area contributed by atoms with E-state index in [2.05, 4.69) is 44.5 Å². The third-order valence-corrected chi connectivity index (χ3v) is 4.11. The van der Waals surface area contributed by atoms with Crippen molar-refractivity contribution in [3.05, 3.63) is 36.2 Å². The van der Waals surface area contributed by atoms with Gasteiger partial charge in [0.2, 0.25) is 5.95 Å². The van der Waals surface area contributed by atoms with Gasteiger partial charge in [-0.1, -0.05) is 0 Å². The maximum Gasteiger partial charge on any atom is 0.225 e. The van der Waals surface area contributed by atoms with Crippen molar-refractivity contribution < 1.29 is 0 Å². The Morgan fingerprint density at radius 1 is 1.24 bits per heavy atom. The maximum atomic E-state index is 4.60. The van der Waals surface area contributed by atoms with E-state index in [-0.39, 0.29) is 0 Å². The highest BCUT2D eigenvalue weighted by Crippen LogP contribution is 2.28. The fourth-order valence-electron chi connectivity index (χ4n) is 3.04. The highest BCUT2D eigenvalue weighted by atomic mass is 15.3. The predicted molar refractivity (Wildman–Crippen MR) is 83.6 cm³/mol. The van der Waals surface area contributed by atoms with Gasteiger partial charge >= 0.3 is 0 Å². The van der Waals surface area contributed by atoms with Crippen LogP contribution in [0.1, 0.15) is 50.2 Å². The molecule has 0 aliphatic carbocycles. The van der Waals surface area contributed by atoms with Crippen molar-refractivity contribution in [1.82, 2.24) is 19.5 Å². The Balaban J connectivity index is 1.81. The van der Waals surface area contributed by atoms with Gasteiger partial charge in [0, 0.05) is 49.3 Å². The van der Waals surface area contributed by atoms with Gasteiger partial charge in [-0.05, 0) is 39.7 Å². The predicted octanol–water partition coefficient (Wildman–Crippen LogP) is 2.95. The fraction of sp³-hybridized carbons (Fsp3) is 0.562. The molecule has 0 spiro atoms. The molecule has 0 saturated carbocycles. The summed E-state index contributed by atoms with van der Waals surface area (Å²) in [5.74, 6) is 2.50. The molecule has 5 nitrogen and oxygen atoms in total. The minimum Gasteiger partial charge on any atom is -0.340 e. The van der Waals surface area contributed by atoms with Gasteiger partial charge in [0.15, 0.2) is 0 Å². The fourth-order valence-corrected chi connectivity index (χ4v) is 3.04. The summed E-state index contributed by atoms with van der Waals surface area (Å²) >= 11 is 0. The van der Waals surface area contributed by atoms with Gasteiger partial charge in [-0.3, -0.25) is 0 Å². The zero-order valence-corrected chi connectivity index (χ0v) is 13.0. The summed E-state index contributed by atoms with van der Waals surface area (Å²) in [6, 6.07) is 2.39. The molecule has 3 heterocycles. The van der Waals surface area contributed by atoms with E-state index in [1.165, 1.54) is 12.2 Å². The Morgan fingerprint density at radius 3 is 2.86 bits per heavy atom. The monoisotopic (exact) mass is 285 g/mol. The zero-order chi connectivity index (χ0) is 14.8. The number of nitrogens with zero attached hydrogens (tertiary/aromatic N) is 5. The third kappa shape index (κ3) is 2.91. The van der Waals surface area contributed by atoms with Crippen LogP contribution in [-0.2, 0) is 0 Å². The molecule has 0 radical (unpaired) electrons. The molecule has 112 valence electrons. The Morgan fingerprint density at radius 2 is 2.10 bits per heavy atom. The average molecular weight is 285 g/mol. The molecule has 1 fully saturated rings. The lowest BCUT2D eigenvalue weighted by molar-refractivity contribution is 0.451. The summed E-state index contributed by atoms with van der Waals surface area (Å²) in [4.78, 5) is 15.9. The molecular weight excluding hydrogens is 262 g/mol. The van der Waals surface area contributed by atoms with Crippen LogP contribution in [0.5, 0.6) is 0 Å². The summed E-state index contributed by atoms with van der Waals surface area (Å²) in [5.41, 5.74) is 1.02. The summed E-state index contributed by atoms with van der Waals surface area (Å²) in [6.07, 6.45) is 8.19. The van der Waals surface area contributed by atoms with Crippen molar-refractivity contribution in [2.24, 2.45) is 0 Å². The van der Waals surface area contributed by atoms with Crippen LogP contribution in [0.15, 0.2) is 24.7 Å². The Hall–Kier alpha value is -1.91. The SMILES string of the molecule is Cc1ccnc(N2CCC[C@@H](c3nccn3C(C)C)C2)n1. The van der Waals surface area contributed by atoms with Crippen molar-refractivity contribution in [3.63, 3.8) is 0 Å². The van der Waals surface area contributed by atoms with Crippen molar-refractivity contribution >= 4 is 5.95 Å². The van der Waals surface area contributed by atoms with Crippen LogP contribution >= 0.6 is 0 Å². The molecule has 1 aliphatic heterocycles. The van der Waals surface area contributed by atoms with E-state index in [1.54, 1.807) is 0 Å². The summed E-state index contributed by atoms with van der Waals surface area (Å²) < 4.78 is 2.28. The van der Waals surface area contributed by atoms with E-state index in [1.807, 2.05) is 25.4 Å². The molecular formula is C16H23N5. The van der Waals surface area contributed by atoms with E-state index >= 15 is 0 Å². The first kappa shape index (κ1) is 14.0. The first-order valence-corrected chi connectivity index (χ1v) is 7.72. The second kappa shape index (κ2) is 5.84. The molecule has 0 N–H and O–H groups in total. The van der Waals surface area contributed by atoms with Crippen LogP contribution in [0.4, 0.5) is 5.95 Å². The van der Waals surface area contributed by atoms with Gasteiger partial charge in [-0.15, -0.1) is 0 Å². The molecule has 5 heteroatoms. The first-order valence-electron chi connectivity index (χ1n) is 7.72. The normalized spacial score (nSPS) is 19.2. The molecule has 0 bridgehead atoms. The minimum absolute atomic E-state index is 0.452. The molecule has 1 saturated heterocycles. The number of imidazole rings is 1. The number of anilines is 1. The first-order chi connectivity index (χ1) is 10.1. The molecule has 3 rings (SSSR count). The van der Waals surface area contributed by atoms with Gasteiger partial charge < -0.3 is 9.47 Å². The van der Waals surface area contributed by atoms with Crippen LogP contribution < -0.4 is 4.90 Å². The van der Waals surface area contributed by atoms with Crippen molar-refractivity contribution in [2.45, 2.75) is 45.6 Å². The smallest absolute Gasteiger partial charge is 0.225 e. The van der Waals surface area contributed by atoms with E-state index in [0.29, 0.717) is 12.0 Å². The largest absolute Gasteiger partial charge is 0.340 e. The van der Waals surface area contributed by atoms with Gasteiger partial charge in [0.05, 0.1) is 0 Å². The number of hydrogen-bond donors (Lipinski definition) is 0. The number of aromatic nitrogens is 4. The van der Waals surface area contributed by atoms with Gasteiger partial charge in [-0.2, -0.15) is 0 Å². The third-order valence-electron chi connectivity index (χ3n) is 4.11. The van der Waals surface area contributed by atoms with E-state index in [0.717, 1.165) is 31.2 Å². The lowest BCUT2D eigenvalue weighted by Crippen LogP contribution is -2.36. The maximum absolute atomic E-state index is 4.60. The molecule has 1 aliphatic rings. The van der Waals surface area contributed by atoms with Crippen LogP contribution in [0.3, 0.4) is 0 Å². The van der Waals surface area contributed by atoms with Crippen molar-refractivity contribution in [3.8, 4) is 0 Å².